The maximum atomic E-state index is 12.8. The minimum Gasteiger partial charge on any atom is -0.391 e. The van der Waals surface area contributed by atoms with Gasteiger partial charge in [0.2, 0.25) is 5.95 Å². The Morgan fingerprint density at radius 2 is 1.96 bits per heavy atom. The molecule has 0 saturated carbocycles. The normalized spacial score (nSPS) is 12.6. The zero-order valence-corrected chi connectivity index (χ0v) is 16.0. The first-order valence-corrected chi connectivity index (χ1v) is 9.02. The molecule has 1 aromatic carbocycles. The summed E-state index contributed by atoms with van der Waals surface area (Å²) in [7, 11) is 0. The van der Waals surface area contributed by atoms with E-state index in [9.17, 15) is 13.9 Å². The highest BCUT2D eigenvalue weighted by Gasteiger charge is 2.13. The molecule has 1 atom stereocenters. The topological polar surface area (TPSA) is 75.9 Å². The molecule has 0 spiro atoms. The lowest BCUT2D eigenvalue weighted by Gasteiger charge is -2.13. The predicted octanol–water partition coefficient (Wildman–Crippen LogP) is 4.35. The molecule has 0 aliphatic rings. The van der Waals surface area contributed by atoms with Crippen molar-refractivity contribution in [1.82, 2.24) is 19.7 Å². The first-order chi connectivity index (χ1) is 13.3. The van der Waals surface area contributed by atoms with Gasteiger partial charge in [-0.1, -0.05) is 19.9 Å². The smallest absolute Gasteiger partial charge is 0.280 e. The Hall–Kier alpha value is -2.87. The second kappa shape index (κ2) is 8.43. The van der Waals surface area contributed by atoms with Gasteiger partial charge in [-0.15, -0.1) is 0 Å². The van der Waals surface area contributed by atoms with Crippen LogP contribution in [0.5, 0.6) is 0 Å². The summed E-state index contributed by atoms with van der Waals surface area (Å²) in [6.07, 6.45) is 1.79. The highest BCUT2D eigenvalue weighted by molar-refractivity contribution is 5.70. The number of aromatic nitrogens is 4. The lowest BCUT2D eigenvalue weighted by molar-refractivity contribution is 0.103. The average Bonchev–Trinajstić information content (AvgIpc) is 3.10. The maximum absolute atomic E-state index is 12.8. The summed E-state index contributed by atoms with van der Waals surface area (Å²) in [4.78, 5) is 7.84. The van der Waals surface area contributed by atoms with Crippen molar-refractivity contribution < 1.29 is 13.9 Å². The lowest BCUT2D eigenvalue weighted by atomic mass is 10.1. The minimum atomic E-state index is -2.65. The summed E-state index contributed by atoms with van der Waals surface area (Å²) >= 11 is 0. The molecule has 0 amide bonds. The summed E-state index contributed by atoms with van der Waals surface area (Å²) in [5, 5.41) is 17.3. The van der Waals surface area contributed by atoms with E-state index in [1.807, 2.05) is 45.2 Å². The Bertz CT molecular complexity index is 942. The van der Waals surface area contributed by atoms with Crippen molar-refractivity contribution in [3.05, 3.63) is 54.1 Å². The highest BCUT2D eigenvalue weighted by atomic mass is 19.3. The number of hydrogen-bond donors (Lipinski definition) is 2. The van der Waals surface area contributed by atoms with E-state index in [-0.39, 0.29) is 17.6 Å². The van der Waals surface area contributed by atoms with Crippen LogP contribution in [0, 0.1) is 12.8 Å². The van der Waals surface area contributed by atoms with Crippen LogP contribution < -0.4 is 5.32 Å². The minimum absolute atomic E-state index is 0.116. The van der Waals surface area contributed by atoms with Gasteiger partial charge in [-0.2, -0.15) is 5.10 Å². The van der Waals surface area contributed by atoms with Crippen molar-refractivity contribution in [1.29, 1.82) is 0 Å². The SMILES string of the molecule is Cc1cc(Nc2nccc(C(F)F)n2)cc(-c2cnn(CC(O)C(C)C)c2)c1. The number of anilines is 2. The monoisotopic (exact) mass is 387 g/mol. The van der Waals surface area contributed by atoms with Gasteiger partial charge in [0.05, 0.1) is 18.8 Å². The van der Waals surface area contributed by atoms with Crippen LogP contribution in [0.15, 0.2) is 42.9 Å². The predicted molar refractivity (Wildman–Crippen MR) is 104 cm³/mol. The standard InChI is InChI=1S/C20H23F2N5O/c1-12(2)18(28)11-27-10-15(9-24-27)14-6-13(3)7-16(8-14)25-20-23-5-4-17(26-20)19(21)22/h4-10,12,18-19,28H,11H2,1-3H3,(H,23,25,26). The molecule has 1 unspecified atom stereocenters. The van der Waals surface area contributed by atoms with E-state index in [1.54, 1.807) is 10.9 Å². The molecule has 0 saturated heterocycles. The zero-order valence-electron chi connectivity index (χ0n) is 16.0. The Kier molecular flexibility index (Phi) is 5.99. The summed E-state index contributed by atoms with van der Waals surface area (Å²) in [5.41, 5.74) is 3.16. The van der Waals surface area contributed by atoms with Crippen LogP contribution in [0.25, 0.3) is 11.1 Å². The van der Waals surface area contributed by atoms with Gasteiger partial charge < -0.3 is 10.4 Å². The molecule has 0 bridgehead atoms. The van der Waals surface area contributed by atoms with Crippen LogP contribution in [0.2, 0.25) is 0 Å². The summed E-state index contributed by atoms with van der Waals surface area (Å²) in [6.45, 7) is 6.28. The van der Waals surface area contributed by atoms with Crippen LogP contribution in [0.4, 0.5) is 20.4 Å². The number of aliphatic hydroxyl groups excluding tert-OH is 1. The molecule has 0 aliphatic carbocycles. The van der Waals surface area contributed by atoms with Gasteiger partial charge in [0, 0.05) is 23.6 Å². The van der Waals surface area contributed by atoms with E-state index in [1.165, 1.54) is 12.3 Å². The van der Waals surface area contributed by atoms with Crippen LogP contribution in [0.1, 0.15) is 31.5 Å². The van der Waals surface area contributed by atoms with Crippen LogP contribution in [-0.2, 0) is 6.54 Å². The van der Waals surface area contributed by atoms with E-state index >= 15 is 0 Å². The van der Waals surface area contributed by atoms with E-state index in [4.69, 9.17) is 0 Å². The number of alkyl halides is 2. The van der Waals surface area contributed by atoms with Gasteiger partial charge in [0.25, 0.3) is 6.43 Å². The summed E-state index contributed by atoms with van der Waals surface area (Å²) < 4.78 is 27.4. The lowest BCUT2D eigenvalue weighted by Crippen LogP contribution is -2.21. The first-order valence-electron chi connectivity index (χ1n) is 9.02. The third kappa shape index (κ3) is 4.89. The number of nitrogens with one attached hydrogen (secondary N) is 1. The van der Waals surface area contributed by atoms with Crippen molar-refractivity contribution in [2.45, 2.75) is 39.8 Å². The van der Waals surface area contributed by atoms with Gasteiger partial charge in [-0.05, 0) is 42.2 Å². The van der Waals surface area contributed by atoms with Gasteiger partial charge >= 0.3 is 0 Å². The fourth-order valence-corrected chi connectivity index (χ4v) is 2.72. The number of rotatable bonds is 7. The molecule has 2 heterocycles. The Morgan fingerprint density at radius 1 is 1.18 bits per heavy atom. The van der Waals surface area contributed by atoms with Crippen LogP contribution >= 0.6 is 0 Å². The van der Waals surface area contributed by atoms with E-state index in [0.717, 1.165) is 16.7 Å². The van der Waals surface area contributed by atoms with Crippen LogP contribution in [-0.4, -0.2) is 31.0 Å². The largest absolute Gasteiger partial charge is 0.391 e. The molecule has 3 rings (SSSR count). The molecule has 6 nitrogen and oxygen atoms in total. The third-order valence-corrected chi connectivity index (χ3v) is 4.34. The van der Waals surface area contributed by atoms with Gasteiger partial charge in [-0.3, -0.25) is 4.68 Å². The summed E-state index contributed by atoms with van der Waals surface area (Å²) in [5.74, 6) is 0.261. The van der Waals surface area contributed by atoms with Gasteiger partial charge in [0.1, 0.15) is 5.69 Å². The van der Waals surface area contributed by atoms with Crippen molar-refractivity contribution in [3.8, 4) is 11.1 Å². The number of aryl methyl sites for hydroxylation is 1. The van der Waals surface area contributed by atoms with Gasteiger partial charge in [-0.25, -0.2) is 18.7 Å². The average molecular weight is 387 g/mol. The van der Waals surface area contributed by atoms with Crippen molar-refractivity contribution in [2.75, 3.05) is 5.32 Å². The van der Waals surface area contributed by atoms with E-state index < -0.39 is 12.5 Å². The molecule has 148 valence electrons. The fourth-order valence-electron chi connectivity index (χ4n) is 2.72. The fraction of sp³-hybridized carbons (Fsp3) is 0.350. The second-order valence-corrected chi connectivity index (χ2v) is 7.08. The van der Waals surface area contributed by atoms with Crippen molar-refractivity contribution in [2.24, 2.45) is 5.92 Å². The Morgan fingerprint density at radius 3 is 2.68 bits per heavy atom. The molecule has 2 N–H and O–H groups in total. The molecule has 0 aliphatic heterocycles. The quantitative estimate of drug-likeness (QED) is 0.630. The molecular formula is C20H23F2N5O. The molecule has 0 fully saturated rings. The van der Waals surface area contributed by atoms with E-state index in [0.29, 0.717) is 12.2 Å². The van der Waals surface area contributed by atoms with Crippen molar-refractivity contribution >= 4 is 11.6 Å². The summed E-state index contributed by atoms with van der Waals surface area (Å²) in [6, 6.07) is 6.96. The Balaban J connectivity index is 1.82. The number of benzene rings is 1. The van der Waals surface area contributed by atoms with Gasteiger partial charge in [0.15, 0.2) is 0 Å². The molecule has 3 aromatic rings. The number of halogens is 2. The molecular weight excluding hydrogens is 364 g/mol. The van der Waals surface area contributed by atoms with E-state index in [2.05, 4.69) is 20.4 Å². The highest BCUT2D eigenvalue weighted by Crippen LogP contribution is 2.26. The number of hydrogen-bond acceptors (Lipinski definition) is 5. The molecule has 28 heavy (non-hydrogen) atoms. The number of aliphatic hydroxyl groups is 1. The molecule has 8 heteroatoms. The molecule has 2 aromatic heterocycles. The third-order valence-electron chi connectivity index (χ3n) is 4.34. The Labute approximate surface area is 162 Å². The van der Waals surface area contributed by atoms with Crippen molar-refractivity contribution in [3.63, 3.8) is 0 Å². The van der Waals surface area contributed by atoms with Crippen LogP contribution in [0.3, 0.4) is 0 Å². The first kappa shape index (κ1) is 19.9. The second-order valence-electron chi connectivity index (χ2n) is 7.08. The number of nitrogens with zero attached hydrogens (tertiary/aromatic N) is 4. The maximum Gasteiger partial charge on any atom is 0.280 e. The zero-order chi connectivity index (χ0) is 20.3. The molecule has 0 radical (unpaired) electrons.